The molecule has 0 amide bonds. The zero-order valence-electron chi connectivity index (χ0n) is 10.8. The first-order valence-corrected chi connectivity index (χ1v) is 6.59. The molecular formula is C15H15FN2OS. The molecule has 104 valence electrons. The van der Waals surface area contributed by atoms with E-state index in [1.54, 1.807) is 6.07 Å². The van der Waals surface area contributed by atoms with Gasteiger partial charge in [0.15, 0.2) is 0 Å². The zero-order valence-corrected chi connectivity index (χ0v) is 11.6. The monoisotopic (exact) mass is 290 g/mol. The Labute approximate surface area is 122 Å². The molecule has 0 atom stereocenters. The lowest BCUT2D eigenvalue weighted by Crippen LogP contribution is -2.17. The number of para-hydroxylation sites is 1. The Kier molecular flexibility index (Phi) is 4.90. The first kappa shape index (κ1) is 14.3. The molecule has 0 unspecified atom stereocenters. The third kappa shape index (κ3) is 3.93. The Morgan fingerprint density at radius 2 is 1.95 bits per heavy atom. The number of benzene rings is 2. The van der Waals surface area contributed by atoms with Gasteiger partial charge in [-0.25, -0.2) is 4.39 Å². The molecule has 3 nitrogen and oxygen atoms in total. The highest BCUT2D eigenvalue weighted by atomic mass is 32.1. The second-order valence-corrected chi connectivity index (χ2v) is 4.58. The molecule has 2 aromatic carbocycles. The molecule has 0 fully saturated rings. The molecule has 2 aromatic rings. The molecule has 0 bridgehead atoms. The van der Waals surface area contributed by atoms with Crippen LogP contribution in [0.5, 0.6) is 5.75 Å². The van der Waals surface area contributed by atoms with Crippen LogP contribution < -0.4 is 15.8 Å². The number of anilines is 1. The fraction of sp³-hybridized carbons (Fsp3) is 0.133. The van der Waals surface area contributed by atoms with Crippen molar-refractivity contribution in [1.82, 2.24) is 0 Å². The fourth-order valence-corrected chi connectivity index (χ4v) is 1.91. The third-order valence-electron chi connectivity index (χ3n) is 2.68. The molecule has 0 heterocycles. The number of halogens is 1. The van der Waals surface area contributed by atoms with Crippen LogP contribution in [0.4, 0.5) is 10.1 Å². The Bertz CT molecular complexity index is 590. The van der Waals surface area contributed by atoms with Crippen molar-refractivity contribution in [2.45, 2.75) is 0 Å². The summed E-state index contributed by atoms with van der Waals surface area (Å²) in [5.74, 6) is 0.446. The molecule has 0 aliphatic rings. The summed E-state index contributed by atoms with van der Waals surface area (Å²) >= 11 is 4.90. The minimum atomic E-state index is -0.362. The predicted molar refractivity (Wildman–Crippen MR) is 82.7 cm³/mol. The quantitative estimate of drug-likeness (QED) is 0.634. The topological polar surface area (TPSA) is 47.3 Å². The van der Waals surface area contributed by atoms with Crippen molar-refractivity contribution in [1.29, 1.82) is 0 Å². The van der Waals surface area contributed by atoms with E-state index in [4.69, 9.17) is 22.7 Å². The molecule has 3 N–H and O–H groups in total. The predicted octanol–water partition coefficient (Wildman–Crippen LogP) is 2.95. The van der Waals surface area contributed by atoms with Gasteiger partial charge in [0, 0.05) is 17.8 Å². The highest BCUT2D eigenvalue weighted by molar-refractivity contribution is 7.80. The number of nitrogens with one attached hydrogen (secondary N) is 1. The van der Waals surface area contributed by atoms with E-state index in [1.807, 2.05) is 30.3 Å². The highest BCUT2D eigenvalue weighted by Gasteiger charge is 2.06. The number of hydrogen-bond donors (Lipinski definition) is 2. The summed E-state index contributed by atoms with van der Waals surface area (Å²) in [7, 11) is 0. The first-order chi connectivity index (χ1) is 9.66. The normalized spacial score (nSPS) is 10.1. The second kappa shape index (κ2) is 6.86. The van der Waals surface area contributed by atoms with Gasteiger partial charge in [0.1, 0.15) is 23.2 Å². The van der Waals surface area contributed by atoms with Crippen molar-refractivity contribution in [2.24, 2.45) is 5.73 Å². The second-order valence-electron chi connectivity index (χ2n) is 4.14. The van der Waals surface area contributed by atoms with Gasteiger partial charge in [0.2, 0.25) is 0 Å². The van der Waals surface area contributed by atoms with Crippen molar-refractivity contribution >= 4 is 22.9 Å². The van der Waals surface area contributed by atoms with Crippen molar-refractivity contribution in [3.8, 4) is 5.75 Å². The number of thiocarbonyl (C=S) groups is 1. The molecule has 0 aliphatic carbocycles. The maximum absolute atomic E-state index is 13.1. The molecule has 5 heteroatoms. The molecule has 0 saturated heterocycles. The number of hydrogen-bond acceptors (Lipinski definition) is 3. The van der Waals surface area contributed by atoms with Crippen LogP contribution in [0.1, 0.15) is 5.56 Å². The maximum atomic E-state index is 13.1. The van der Waals surface area contributed by atoms with E-state index in [0.717, 1.165) is 5.75 Å². The smallest absolute Gasteiger partial charge is 0.124 e. The molecule has 0 aliphatic heterocycles. The lowest BCUT2D eigenvalue weighted by atomic mass is 10.1. The summed E-state index contributed by atoms with van der Waals surface area (Å²) in [6.45, 7) is 1.05. The molecule has 0 aromatic heterocycles. The van der Waals surface area contributed by atoms with Crippen LogP contribution in [-0.4, -0.2) is 18.1 Å². The van der Waals surface area contributed by atoms with Gasteiger partial charge in [0.05, 0.1) is 0 Å². The van der Waals surface area contributed by atoms with E-state index in [-0.39, 0.29) is 10.8 Å². The Hall–Kier alpha value is -2.14. The summed E-state index contributed by atoms with van der Waals surface area (Å²) in [5.41, 5.74) is 6.78. The van der Waals surface area contributed by atoms with Crippen LogP contribution >= 0.6 is 12.2 Å². The molecule has 2 rings (SSSR count). The van der Waals surface area contributed by atoms with Crippen molar-refractivity contribution in [3.05, 3.63) is 59.9 Å². The molecule has 0 radical (unpaired) electrons. The van der Waals surface area contributed by atoms with Crippen LogP contribution in [0, 0.1) is 5.82 Å². The number of rotatable bonds is 6. The van der Waals surface area contributed by atoms with Crippen LogP contribution in [0.25, 0.3) is 0 Å². The molecule has 20 heavy (non-hydrogen) atoms. The van der Waals surface area contributed by atoms with Gasteiger partial charge >= 0.3 is 0 Å². The minimum Gasteiger partial charge on any atom is -0.492 e. The summed E-state index contributed by atoms with van der Waals surface area (Å²) in [6.07, 6.45) is 0. The Morgan fingerprint density at radius 3 is 2.65 bits per heavy atom. The third-order valence-corrected chi connectivity index (χ3v) is 2.90. The standard InChI is InChI=1S/C15H15FN2OS/c16-11-6-7-14(13(10-11)15(17)20)18-8-9-19-12-4-2-1-3-5-12/h1-7,10,18H,8-9H2,(H2,17,20). The average molecular weight is 290 g/mol. The van der Waals surface area contributed by atoms with Crippen LogP contribution in [-0.2, 0) is 0 Å². The number of nitrogens with two attached hydrogens (primary N) is 1. The summed E-state index contributed by atoms with van der Waals surface area (Å²) in [4.78, 5) is 0.163. The summed E-state index contributed by atoms with van der Waals surface area (Å²) in [6, 6.07) is 13.8. The lowest BCUT2D eigenvalue weighted by Gasteiger charge is -2.12. The van der Waals surface area contributed by atoms with E-state index < -0.39 is 0 Å². The van der Waals surface area contributed by atoms with Gasteiger partial charge in [-0.3, -0.25) is 0 Å². The Balaban J connectivity index is 1.90. The van der Waals surface area contributed by atoms with E-state index in [1.165, 1.54) is 12.1 Å². The van der Waals surface area contributed by atoms with E-state index in [2.05, 4.69) is 5.32 Å². The number of ether oxygens (including phenoxy) is 1. The van der Waals surface area contributed by atoms with Crippen LogP contribution in [0.15, 0.2) is 48.5 Å². The average Bonchev–Trinajstić information content (AvgIpc) is 2.45. The van der Waals surface area contributed by atoms with Crippen LogP contribution in [0.2, 0.25) is 0 Å². The SMILES string of the molecule is NC(=S)c1cc(F)ccc1NCCOc1ccccc1. The van der Waals surface area contributed by atoms with Crippen molar-refractivity contribution in [2.75, 3.05) is 18.5 Å². The van der Waals surface area contributed by atoms with Gasteiger partial charge in [-0.2, -0.15) is 0 Å². The van der Waals surface area contributed by atoms with E-state index in [0.29, 0.717) is 24.4 Å². The van der Waals surface area contributed by atoms with E-state index in [9.17, 15) is 4.39 Å². The largest absolute Gasteiger partial charge is 0.492 e. The molecule has 0 spiro atoms. The van der Waals surface area contributed by atoms with Gasteiger partial charge in [-0.05, 0) is 30.3 Å². The molecular weight excluding hydrogens is 275 g/mol. The first-order valence-electron chi connectivity index (χ1n) is 6.18. The van der Waals surface area contributed by atoms with Gasteiger partial charge in [-0.15, -0.1) is 0 Å². The van der Waals surface area contributed by atoms with Gasteiger partial charge in [0.25, 0.3) is 0 Å². The summed E-state index contributed by atoms with van der Waals surface area (Å²) in [5, 5.41) is 3.13. The van der Waals surface area contributed by atoms with Gasteiger partial charge in [-0.1, -0.05) is 30.4 Å². The van der Waals surface area contributed by atoms with Crippen molar-refractivity contribution < 1.29 is 9.13 Å². The Morgan fingerprint density at radius 1 is 1.20 bits per heavy atom. The maximum Gasteiger partial charge on any atom is 0.124 e. The lowest BCUT2D eigenvalue weighted by molar-refractivity contribution is 0.333. The van der Waals surface area contributed by atoms with E-state index >= 15 is 0 Å². The summed E-state index contributed by atoms with van der Waals surface area (Å²) < 4.78 is 18.7. The fourth-order valence-electron chi connectivity index (χ4n) is 1.75. The van der Waals surface area contributed by atoms with Crippen molar-refractivity contribution in [3.63, 3.8) is 0 Å². The zero-order chi connectivity index (χ0) is 14.4. The van der Waals surface area contributed by atoms with Crippen LogP contribution in [0.3, 0.4) is 0 Å². The van der Waals surface area contributed by atoms with Gasteiger partial charge < -0.3 is 15.8 Å². The molecule has 0 saturated carbocycles. The minimum absolute atomic E-state index is 0.163. The highest BCUT2D eigenvalue weighted by Crippen LogP contribution is 2.17.